The van der Waals surface area contributed by atoms with Gasteiger partial charge in [-0.15, -0.1) is 0 Å². The van der Waals surface area contributed by atoms with Gasteiger partial charge in [-0.1, -0.05) is 19.1 Å². The predicted octanol–water partition coefficient (Wildman–Crippen LogP) is 1.41. The fourth-order valence-corrected chi connectivity index (χ4v) is 4.69. The van der Waals surface area contributed by atoms with Crippen molar-refractivity contribution in [3.8, 4) is 17.2 Å². The number of hydrogen-bond donors (Lipinski definition) is 5. The van der Waals surface area contributed by atoms with E-state index in [-0.39, 0.29) is 35.1 Å². The number of aromatic hydroxyl groups is 3. The minimum absolute atomic E-state index is 0.00979. The molecule has 0 radical (unpaired) electrons. The van der Waals surface area contributed by atoms with Gasteiger partial charge >= 0.3 is 5.97 Å². The summed E-state index contributed by atoms with van der Waals surface area (Å²) in [5.41, 5.74) is -4.23. The third-order valence-electron chi connectivity index (χ3n) is 6.25. The summed E-state index contributed by atoms with van der Waals surface area (Å²) in [5, 5.41) is 53.8. The topological polar surface area (TPSA) is 162 Å². The Kier molecular flexibility index (Phi) is 4.56. The summed E-state index contributed by atoms with van der Waals surface area (Å²) in [5.74, 6) is -6.33. The maximum absolute atomic E-state index is 13.1. The summed E-state index contributed by atoms with van der Waals surface area (Å²) < 4.78 is 4.78. The standard InChI is InChI=1S/C22H20O9/c1-3-22(30)7-10(24)12-13(16(22)21(29)31-2)20(28)14-15(19(12)27)18(26)11-8(17(14)25)5-4-6-9(11)23/h4-6,10,16,23-24,27-28,30H,3,7H2,1-2H3. The highest BCUT2D eigenvalue weighted by molar-refractivity contribution is 6.31. The molecule has 162 valence electrons. The predicted molar refractivity (Wildman–Crippen MR) is 104 cm³/mol. The normalized spacial score (nSPS) is 24.3. The number of ether oxygens (including phenoxy) is 1. The highest BCUT2D eigenvalue weighted by Crippen LogP contribution is 2.56. The summed E-state index contributed by atoms with van der Waals surface area (Å²) in [4.78, 5) is 38.8. The van der Waals surface area contributed by atoms with Gasteiger partial charge in [0.1, 0.15) is 23.2 Å². The molecular formula is C22H20O9. The second-order valence-electron chi connectivity index (χ2n) is 7.77. The zero-order valence-corrected chi connectivity index (χ0v) is 16.7. The van der Waals surface area contributed by atoms with E-state index >= 15 is 0 Å². The molecule has 2 aromatic rings. The lowest BCUT2D eigenvalue weighted by Crippen LogP contribution is -2.46. The number of phenols is 3. The van der Waals surface area contributed by atoms with E-state index in [1.165, 1.54) is 18.2 Å². The first-order valence-corrected chi connectivity index (χ1v) is 9.60. The maximum atomic E-state index is 13.1. The van der Waals surface area contributed by atoms with Crippen molar-refractivity contribution in [2.24, 2.45) is 0 Å². The molecule has 0 bridgehead atoms. The minimum atomic E-state index is -1.84. The quantitative estimate of drug-likeness (QED) is 0.300. The first-order valence-electron chi connectivity index (χ1n) is 9.60. The van der Waals surface area contributed by atoms with Crippen LogP contribution in [0.3, 0.4) is 0 Å². The van der Waals surface area contributed by atoms with E-state index in [1.807, 2.05) is 0 Å². The molecule has 0 amide bonds. The largest absolute Gasteiger partial charge is 0.507 e. The van der Waals surface area contributed by atoms with Crippen molar-refractivity contribution in [1.29, 1.82) is 0 Å². The van der Waals surface area contributed by atoms with Crippen LogP contribution in [0.1, 0.15) is 74.8 Å². The van der Waals surface area contributed by atoms with Crippen molar-refractivity contribution in [1.82, 2.24) is 0 Å². The molecule has 0 fully saturated rings. The number of methoxy groups -OCH3 is 1. The number of aliphatic hydroxyl groups is 2. The van der Waals surface area contributed by atoms with Gasteiger partial charge in [0.25, 0.3) is 0 Å². The molecule has 31 heavy (non-hydrogen) atoms. The van der Waals surface area contributed by atoms with Gasteiger partial charge in [-0.3, -0.25) is 14.4 Å². The molecule has 0 spiro atoms. The van der Waals surface area contributed by atoms with E-state index in [9.17, 15) is 39.9 Å². The second-order valence-corrected chi connectivity index (χ2v) is 7.77. The van der Waals surface area contributed by atoms with Crippen molar-refractivity contribution >= 4 is 17.5 Å². The highest BCUT2D eigenvalue weighted by atomic mass is 16.5. The van der Waals surface area contributed by atoms with E-state index in [1.54, 1.807) is 6.92 Å². The molecule has 3 unspecified atom stereocenters. The van der Waals surface area contributed by atoms with E-state index in [4.69, 9.17) is 4.74 Å². The SMILES string of the molecule is CCC1(O)CC(O)c2c(O)c3c(c(O)c2C1C(=O)OC)C(=O)c1cccc(O)c1C3=O. The molecule has 2 aliphatic rings. The molecule has 0 saturated heterocycles. The van der Waals surface area contributed by atoms with Crippen LogP contribution in [0.25, 0.3) is 0 Å². The average Bonchev–Trinajstić information content (AvgIpc) is 2.73. The number of carbonyl (C=O) groups is 3. The molecule has 0 heterocycles. The van der Waals surface area contributed by atoms with Crippen LogP contribution < -0.4 is 0 Å². The fraction of sp³-hybridized carbons (Fsp3) is 0.318. The molecule has 0 saturated carbocycles. The lowest BCUT2D eigenvalue weighted by atomic mass is 9.66. The van der Waals surface area contributed by atoms with Crippen LogP contribution in [-0.4, -0.2) is 55.8 Å². The molecular weight excluding hydrogens is 408 g/mol. The van der Waals surface area contributed by atoms with Crippen LogP contribution in [0.5, 0.6) is 17.2 Å². The number of rotatable bonds is 2. The molecule has 0 aliphatic heterocycles. The third-order valence-corrected chi connectivity index (χ3v) is 6.25. The lowest BCUT2D eigenvalue weighted by molar-refractivity contribution is -0.153. The van der Waals surface area contributed by atoms with Gasteiger partial charge in [0.2, 0.25) is 5.78 Å². The first kappa shape index (κ1) is 20.8. The Bertz CT molecular complexity index is 1170. The number of benzene rings is 2. The van der Waals surface area contributed by atoms with Gasteiger partial charge in [0, 0.05) is 23.1 Å². The summed E-state index contributed by atoms with van der Waals surface area (Å²) in [6.45, 7) is 1.57. The van der Waals surface area contributed by atoms with Crippen molar-refractivity contribution in [2.75, 3.05) is 7.11 Å². The Morgan fingerprint density at radius 1 is 1.06 bits per heavy atom. The Labute approximate surface area is 176 Å². The molecule has 3 atom stereocenters. The summed E-state index contributed by atoms with van der Waals surface area (Å²) in [6.07, 6.45) is -1.94. The Balaban J connectivity index is 2.11. The zero-order valence-electron chi connectivity index (χ0n) is 16.7. The van der Waals surface area contributed by atoms with Gasteiger partial charge in [-0.2, -0.15) is 0 Å². The smallest absolute Gasteiger partial charge is 0.316 e. The Morgan fingerprint density at radius 2 is 1.68 bits per heavy atom. The van der Waals surface area contributed by atoms with E-state index in [2.05, 4.69) is 0 Å². The highest BCUT2D eigenvalue weighted by Gasteiger charge is 2.53. The second kappa shape index (κ2) is 6.79. The summed E-state index contributed by atoms with van der Waals surface area (Å²) in [7, 11) is 1.08. The summed E-state index contributed by atoms with van der Waals surface area (Å²) in [6, 6.07) is 3.83. The minimum Gasteiger partial charge on any atom is -0.507 e. The first-order chi connectivity index (χ1) is 14.6. The molecule has 0 aromatic heterocycles. The van der Waals surface area contributed by atoms with Crippen LogP contribution >= 0.6 is 0 Å². The third kappa shape index (κ3) is 2.60. The molecule has 5 N–H and O–H groups in total. The van der Waals surface area contributed by atoms with Gasteiger partial charge in [-0.05, 0) is 12.5 Å². The molecule has 2 aliphatic carbocycles. The van der Waals surface area contributed by atoms with Crippen molar-refractivity contribution < 1.29 is 44.7 Å². The average molecular weight is 428 g/mol. The van der Waals surface area contributed by atoms with E-state index in [0.29, 0.717) is 0 Å². The monoisotopic (exact) mass is 428 g/mol. The van der Waals surface area contributed by atoms with Crippen molar-refractivity contribution in [3.05, 3.63) is 51.6 Å². The lowest BCUT2D eigenvalue weighted by Gasteiger charge is -2.42. The van der Waals surface area contributed by atoms with Crippen LogP contribution in [0.4, 0.5) is 0 Å². The molecule has 2 aromatic carbocycles. The fourth-order valence-electron chi connectivity index (χ4n) is 4.69. The Hall–Kier alpha value is -3.43. The van der Waals surface area contributed by atoms with Crippen LogP contribution in [0.15, 0.2) is 18.2 Å². The van der Waals surface area contributed by atoms with Crippen molar-refractivity contribution in [3.63, 3.8) is 0 Å². The van der Waals surface area contributed by atoms with Gasteiger partial charge in [0.05, 0.1) is 35.5 Å². The van der Waals surface area contributed by atoms with E-state index < -0.39 is 63.5 Å². The molecule has 9 heteroatoms. The van der Waals surface area contributed by atoms with Crippen LogP contribution in [0, 0.1) is 0 Å². The van der Waals surface area contributed by atoms with Gasteiger partial charge in [0.15, 0.2) is 5.78 Å². The number of hydrogen-bond acceptors (Lipinski definition) is 9. The number of aliphatic hydroxyl groups excluding tert-OH is 1. The van der Waals surface area contributed by atoms with Crippen LogP contribution in [0.2, 0.25) is 0 Å². The Morgan fingerprint density at radius 3 is 2.29 bits per heavy atom. The summed E-state index contributed by atoms with van der Waals surface area (Å²) >= 11 is 0. The number of carbonyl (C=O) groups excluding carboxylic acids is 3. The number of esters is 1. The number of fused-ring (bicyclic) bond motifs is 3. The van der Waals surface area contributed by atoms with Gasteiger partial charge < -0.3 is 30.3 Å². The maximum Gasteiger partial charge on any atom is 0.316 e. The number of phenolic OH excluding ortho intramolecular Hbond substituents is 3. The van der Waals surface area contributed by atoms with Crippen molar-refractivity contribution in [2.45, 2.75) is 37.4 Å². The zero-order chi connectivity index (χ0) is 22.8. The van der Waals surface area contributed by atoms with Gasteiger partial charge in [-0.25, -0.2) is 0 Å². The van der Waals surface area contributed by atoms with E-state index in [0.717, 1.165) is 7.11 Å². The molecule has 9 nitrogen and oxygen atoms in total. The van der Waals surface area contributed by atoms with Crippen LogP contribution in [-0.2, 0) is 9.53 Å². The molecule has 4 rings (SSSR count). The number of ketones is 2.